The number of aromatic nitrogens is 1. The van der Waals surface area contributed by atoms with Gasteiger partial charge in [-0.25, -0.2) is 9.37 Å². The van der Waals surface area contributed by atoms with Crippen molar-refractivity contribution >= 4 is 38.8 Å². The monoisotopic (exact) mass is 359 g/mol. The van der Waals surface area contributed by atoms with Crippen LogP contribution >= 0.6 is 11.3 Å². The standard InChI is InChI=1S/C18H18FN3O2S/c1-22(2)15-8-7-11(9-20-15)21-18(23)17-12(10-24-3)16-13(19)5-4-6-14(16)25-17/h4-9H,10H2,1-3H3,(H,21,23). The van der Waals surface area contributed by atoms with Gasteiger partial charge < -0.3 is 15.0 Å². The van der Waals surface area contributed by atoms with E-state index in [4.69, 9.17) is 4.74 Å². The number of pyridine rings is 1. The predicted octanol–water partition coefficient (Wildman–Crippen LogP) is 3.90. The molecule has 0 saturated heterocycles. The molecule has 0 fully saturated rings. The van der Waals surface area contributed by atoms with Crippen molar-refractivity contribution < 1.29 is 13.9 Å². The summed E-state index contributed by atoms with van der Waals surface area (Å²) in [7, 11) is 5.31. The van der Waals surface area contributed by atoms with E-state index in [0.717, 1.165) is 10.5 Å². The second-order valence-corrected chi connectivity index (χ2v) is 6.76. The fraction of sp³-hybridized carbons (Fsp3) is 0.222. The number of anilines is 2. The van der Waals surface area contributed by atoms with Gasteiger partial charge in [0.15, 0.2) is 0 Å². The largest absolute Gasteiger partial charge is 0.380 e. The van der Waals surface area contributed by atoms with E-state index in [1.165, 1.54) is 24.5 Å². The Kier molecular flexibility index (Phi) is 4.96. The molecule has 3 aromatic rings. The summed E-state index contributed by atoms with van der Waals surface area (Å²) in [6, 6.07) is 8.42. The smallest absolute Gasteiger partial charge is 0.266 e. The van der Waals surface area contributed by atoms with Crippen LogP contribution in [0.25, 0.3) is 10.1 Å². The predicted molar refractivity (Wildman–Crippen MR) is 99.0 cm³/mol. The minimum atomic E-state index is -0.350. The van der Waals surface area contributed by atoms with Crippen molar-refractivity contribution in [2.24, 2.45) is 0 Å². The van der Waals surface area contributed by atoms with Crippen LogP contribution < -0.4 is 10.2 Å². The van der Waals surface area contributed by atoms with Crippen LogP contribution in [0.5, 0.6) is 0 Å². The van der Waals surface area contributed by atoms with Crippen LogP contribution in [-0.4, -0.2) is 32.1 Å². The van der Waals surface area contributed by atoms with Crippen molar-refractivity contribution in [3.63, 3.8) is 0 Å². The molecular weight excluding hydrogens is 341 g/mol. The van der Waals surface area contributed by atoms with E-state index < -0.39 is 0 Å². The van der Waals surface area contributed by atoms with Gasteiger partial charge >= 0.3 is 0 Å². The molecule has 25 heavy (non-hydrogen) atoms. The second-order valence-electron chi connectivity index (χ2n) is 5.71. The zero-order valence-electron chi connectivity index (χ0n) is 14.2. The zero-order chi connectivity index (χ0) is 18.0. The average molecular weight is 359 g/mol. The lowest BCUT2D eigenvalue weighted by Crippen LogP contribution is -2.14. The minimum Gasteiger partial charge on any atom is -0.380 e. The third kappa shape index (κ3) is 3.47. The highest BCUT2D eigenvalue weighted by atomic mass is 32.1. The lowest BCUT2D eigenvalue weighted by molar-refractivity contribution is 0.102. The van der Waals surface area contributed by atoms with Gasteiger partial charge in [0.05, 0.1) is 23.4 Å². The molecule has 1 N–H and O–H groups in total. The first-order valence-corrected chi connectivity index (χ1v) is 8.46. The number of rotatable bonds is 5. The number of hydrogen-bond donors (Lipinski definition) is 1. The Bertz CT molecular complexity index is 907. The Labute approximate surface area is 149 Å². The number of hydrogen-bond acceptors (Lipinski definition) is 5. The van der Waals surface area contributed by atoms with Crippen molar-refractivity contribution in [1.82, 2.24) is 4.98 Å². The van der Waals surface area contributed by atoms with Gasteiger partial charge in [-0.05, 0) is 24.3 Å². The Balaban J connectivity index is 1.93. The molecule has 1 amide bonds. The molecule has 2 heterocycles. The van der Waals surface area contributed by atoms with Gasteiger partial charge in [-0.15, -0.1) is 11.3 Å². The van der Waals surface area contributed by atoms with Crippen molar-refractivity contribution in [1.29, 1.82) is 0 Å². The van der Waals surface area contributed by atoms with Crippen LogP contribution in [0.4, 0.5) is 15.9 Å². The van der Waals surface area contributed by atoms with Gasteiger partial charge in [-0.1, -0.05) is 6.07 Å². The topological polar surface area (TPSA) is 54.5 Å². The first kappa shape index (κ1) is 17.3. The molecule has 0 aliphatic heterocycles. The van der Waals surface area contributed by atoms with E-state index >= 15 is 0 Å². The number of amides is 1. The lowest BCUT2D eigenvalue weighted by Gasteiger charge is -2.11. The van der Waals surface area contributed by atoms with E-state index in [1.54, 1.807) is 24.4 Å². The first-order valence-electron chi connectivity index (χ1n) is 7.65. The number of nitrogens with one attached hydrogen (secondary N) is 1. The molecular formula is C18H18FN3O2S. The van der Waals surface area contributed by atoms with Gasteiger partial charge in [-0.3, -0.25) is 4.79 Å². The Morgan fingerprint density at radius 2 is 2.12 bits per heavy atom. The maximum absolute atomic E-state index is 14.2. The fourth-order valence-corrected chi connectivity index (χ4v) is 3.66. The van der Waals surface area contributed by atoms with Gasteiger partial charge in [0.1, 0.15) is 11.6 Å². The molecule has 0 saturated carbocycles. The van der Waals surface area contributed by atoms with Crippen molar-refractivity contribution in [2.45, 2.75) is 6.61 Å². The number of nitrogens with zero attached hydrogens (tertiary/aromatic N) is 2. The van der Waals surface area contributed by atoms with E-state index in [1.807, 2.05) is 25.1 Å². The van der Waals surface area contributed by atoms with E-state index in [2.05, 4.69) is 10.3 Å². The van der Waals surface area contributed by atoms with E-state index in [0.29, 0.717) is 21.5 Å². The molecule has 0 spiro atoms. The molecule has 3 rings (SSSR count). The minimum absolute atomic E-state index is 0.168. The number of carbonyl (C=O) groups excluding carboxylic acids is 1. The number of benzene rings is 1. The second kappa shape index (κ2) is 7.16. The summed E-state index contributed by atoms with van der Waals surface area (Å²) in [5.74, 6) is 0.144. The van der Waals surface area contributed by atoms with Crippen LogP contribution in [0.1, 0.15) is 15.2 Å². The summed E-state index contributed by atoms with van der Waals surface area (Å²) in [5.41, 5.74) is 1.15. The number of fused-ring (bicyclic) bond motifs is 1. The van der Waals surface area contributed by atoms with Gasteiger partial charge in [0.2, 0.25) is 0 Å². The van der Waals surface area contributed by atoms with Crippen molar-refractivity contribution in [3.8, 4) is 0 Å². The van der Waals surface area contributed by atoms with Crippen LogP contribution in [0, 0.1) is 5.82 Å². The molecule has 5 nitrogen and oxygen atoms in total. The van der Waals surface area contributed by atoms with Gasteiger partial charge in [0, 0.05) is 36.9 Å². The van der Waals surface area contributed by atoms with Crippen molar-refractivity contribution in [3.05, 3.63) is 52.8 Å². The molecule has 0 unspecified atom stereocenters. The summed E-state index contributed by atoms with van der Waals surface area (Å²) >= 11 is 1.25. The molecule has 0 radical (unpaired) electrons. The Hall–Kier alpha value is -2.51. The Morgan fingerprint density at radius 3 is 2.76 bits per heavy atom. The summed E-state index contributed by atoms with van der Waals surface area (Å²) in [4.78, 5) is 19.3. The SMILES string of the molecule is COCc1c(C(=O)Nc2ccc(N(C)C)nc2)sc2cccc(F)c12. The number of methoxy groups -OCH3 is 1. The highest BCUT2D eigenvalue weighted by Crippen LogP contribution is 2.34. The van der Waals surface area contributed by atoms with Crippen molar-refractivity contribution in [2.75, 3.05) is 31.4 Å². The molecule has 0 aliphatic carbocycles. The number of thiophene rings is 1. The fourth-order valence-electron chi connectivity index (χ4n) is 2.55. The number of ether oxygens (including phenoxy) is 1. The number of carbonyl (C=O) groups is 1. The maximum atomic E-state index is 14.2. The lowest BCUT2D eigenvalue weighted by atomic mass is 10.1. The normalized spacial score (nSPS) is 10.9. The summed E-state index contributed by atoms with van der Waals surface area (Å²) in [5, 5.41) is 3.26. The van der Waals surface area contributed by atoms with E-state index in [9.17, 15) is 9.18 Å². The van der Waals surface area contributed by atoms with Crippen LogP contribution in [0.2, 0.25) is 0 Å². The average Bonchev–Trinajstić information content (AvgIpc) is 2.96. The Morgan fingerprint density at radius 1 is 1.32 bits per heavy atom. The van der Waals surface area contributed by atoms with E-state index in [-0.39, 0.29) is 18.3 Å². The molecule has 7 heteroatoms. The third-order valence-corrected chi connectivity index (χ3v) is 4.92. The zero-order valence-corrected chi connectivity index (χ0v) is 15.0. The quantitative estimate of drug-likeness (QED) is 0.751. The summed E-state index contributed by atoms with van der Waals surface area (Å²) in [6.45, 7) is 0.168. The summed E-state index contributed by atoms with van der Waals surface area (Å²) < 4.78 is 20.1. The number of halogens is 1. The molecule has 0 aliphatic rings. The maximum Gasteiger partial charge on any atom is 0.266 e. The van der Waals surface area contributed by atoms with Crippen LogP contribution in [-0.2, 0) is 11.3 Å². The molecule has 0 bridgehead atoms. The third-order valence-electron chi connectivity index (χ3n) is 3.72. The molecule has 0 atom stereocenters. The van der Waals surface area contributed by atoms with Gasteiger partial charge in [0.25, 0.3) is 5.91 Å². The molecule has 130 valence electrons. The van der Waals surface area contributed by atoms with Crippen LogP contribution in [0.15, 0.2) is 36.5 Å². The molecule has 2 aromatic heterocycles. The van der Waals surface area contributed by atoms with Crippen LogP contribution in [0.3, 0.4) is 0 Å². The van der Waals surface area contributed by atoms with Gasteiger partial charge in [-0.2, -0.15) is 0 Å². The highest BCUT2D eigenvalue weighted by molar-refractivity contribution is 7.21. The highest BCUT2D eigenvalue weighted by Gasteiger charge is 2.20. The first-order chi connectivity index (χ1) is 12.0. The molecule has 1 aromatic carbocycles. The summed E-state index contributed by atoms with van der Waals surface area (Å²) in [6.07, 6.45) is 1.59.